The van der Waals surface area contributed by atoms with E-state index in [9.17, 15) is 4.79 Å². The summed E-state index contributed by atoms with van der Waals surface area (Å²) in [6, 6.07) is 1.85. The molecular weight excluding hydrogens is 162 g/mol. The fraction of sp³-hybridized carbons (Fsp3) is 0.250. The van der Waals surface area contributed by atoms with Crippen LogP contribution in [0.1, 0.15) is 22.3 Å². The van der Waals surface area contributed by atoms with Crippen molar-refractivity contribution in [1.29, 1.82) is 0 Å². The maximum absolute atomic E-state index is 11.2. The fourth-order valence-electron chi connectivity index (χ4n) is 1.35. The topological polar surface area (TPSA) is 30.0 Å². The van der Waals surface area contributed by atoms with Gasteiger partial charge in [-0.15, -0.1) is 0 Å². The zero-order valence-electron chi connectivity index (χ0n) is 5.80. The molecule has 0 aliphatic heterocycles. The summed E-state index contributed by atoms with van der Waals surface area (Å²) in [7, 11) is 0. The van der Waals surface area contributed by atoms with Crippen LogP contribution in [0.3, 0.4) is 0 Å². The molecule has 0 amide bonds. The van der Waals surface area contributed by atoms with Crippen molar-refractivity contribution in [2.75, 3.05) is 0 Å². The van der Waals surface area contributed by atoms with Crippen LogP contribution >= 0.6 is 11.6 Å². The number of aryl methyl sites for hydroxylation is 1. The average molecular weight is 168 g/mol. The average Bonchev–Trinajstić information content (AvgIpc) is 2.34. The van der Waals surface area contributed by atoms with Crippen LogP contribution < -0.4 is 0 Å². The van der Waals surface area contributed by atoms with Gasteiger partial charge in [0.05, 0.1) is 5.56 Å². The maximum atomic E-state index is 11.2. The third-order valence-electron chi connectivity index (χ3n) is 1.89. The smallest absolute Gasteiger partial charge is 0.166 e. The molecule has 0 aromatic carbocycles. The molecule has 11 heavy (non-hydrogen) atoms. The van der Waals surface area contributed by atoms with E-state index in [0.29, 0.717) is 17.1 Å². The Balaban J connectivity index is 2.68. The zero-order valence-corrected chi connectivity index (χ0v) is 6.56. The highest BCUT2D eigenvalue weighted by molar-refractivity contribution is 6.33. The minimum Gasteiger partial charge on any atom is -0.294 e. The lowest BCUT2D eigenvalue weighted by Crippen LogP contribution is -1.93. The number of aromatic nitrogens is 1. The van der Waals surface area contributed by atoms with Gasteiger partial charge in [0, 0.05) is 12.6 Å². The van der Waals surface area contributed by atoms with E-state index in [-0.39, 0.29) is 5.78 Å². The first kappa shape index (κ1) is 6.80. The van der Waals surface area contributed by atoms with Gasteiger partial charge in [0.2, 0.25) is 0 Å². The van der Waals surface area contributed by atoms with Crippen molar-refractivity contribution in [2.45, 2.75) is 12.8 Å². The third kappa shape index (κ3) is 0.942. The molecule has 1 aromatic rings. The molecule has 1 aromatic heterocycles. The molecule has 2 nitrogen and oxygen atoms in total. The second-order valence-electron chi connectivity index (χ2n) is 2.56. The molecule has 1 heterocycles. The van der Waals surface area contributed by atoms with Gasteiger partial charge in [-0.3, -0.25) is 4.79 Å². The molecule has 0 saturated heterocycles. The van der Waals surface area contributed by atoms with Crippen LogP contribution in [0, 0.1) is 0 Å². The van der Waals surface area contributed by atoms with Crippen LogP contribution in [0.15, 0.2) is 12.3 Å². The number of ketones is 1. The second kappa shape index (κ2) is 2.31. The number of carbonyl (C=O) groups is 1. The summed E-state index contributed by atoms with van der Waals surface area (Å²) < 4.78 is 0. The minimum absolute atomic E-state index is 0.123. The fourth-order valence-corrected chi connectivity index (χ4v) is 1.63. The Morgan fingerprint density at radius 1 is 1.45 bits per heavy atom. The predicted octanol–water partition coefficient (Wildman–Crippen LogP) is 1.86. The number of nitrogens with zero attached hydrogens (tertiary/aromatic N) is 1. The second-order valence-corrected chi connectivity index (χ2v) is 2.92. The lowest BCUT2D eigenvalue weighted by Gasteiger charge is -1.96. The first-order chi connectivity index (χ1) is 5.29. The van der Waals surface area contributed by atoms with Crippen LogP contribution in [-0.2, 0) is 6.42 Å². The summed E-state index contributed by atoms with van der Waals surface area (Å²) in [5.41, 5.74) is 1.67. The first-order valence-corrected chi connectivity index (χ1v) is 3.83. The Labute approximate surface area is 69.2 Å². The van der Waals surface area contributed by atoms with E-state index in [1.54, 1.807) is 6.20 Å². The molecule has 0 radical (unpaired) electrons. The highest BCUT2D eigenvalue weighted by Crippen LogP contribution is 2.26. The van der Waals surface area contributed by atoms with Crippen molar-refractivity contribution in [1.82, 2.24) is 4.98 Å². The van der Waals surface area contributed by atoms with Gasteiger partial charge >= 0.3 is 0 Å². The number of rotatable bonds is 0. The van der Waals surface area contributed by atoms with Gasteiger partial charge in [-0.25, -0.2) is 4.98 Å². The van der Waals surface area contributed by atoms with Crippen LogP contribution in [-0.4, -0.2) is 10.8 Å². The summed E-state index contributed by atoms with van der Waals surface area (Å²) in [6.45, 7) is 0. The van der Waals surface area contributed by atoms with Gasteiger partial charge in [-0.2, -0.15) is 0 Å². The number of halogens is 1. The summed E-state index contributed by atoms with van der Waals surface area (Å²) in [5.74, 6) is 0.123. The molecule has 0 bridgehead atoms. The highest BCUT2D eigenvalue weighted by Gasteiger charge is 2.22. The molecule has 1 aliphatic rings. The molecular formula is C8H6ClNO. The van der Waals surface area contributed by atoms with Gasteiger partial charge in [0.1, 0.15) is 5.15 Å². The Morgan fingerprint density at radius 2 is 2.27 bits per heavy atom. The van der Waals surface area contributed by atoms with Crippen molar-refractivity contribution in [3.8, 4) is 0 Å². The van der Waals surface area contributed by atoms with E-state index in [1.807, 2.05) is 6.07 Å². The molecule has 3 heteroatoms. The van der Waals surface area contributed by atoms with Crippen molar-refractivity contribution >= 4 is 17.4 Å². The summed E-state index contributed by atoms with van der Waals surface area (Å²) in [4.78, 5) is 15.0. The number of hydrogen-bond donors (Lipinski definition) is 0. The minimum atomic E-state index is 0.123. The van der Waals surface area contributed by atoms with E-state index in [4.69, 9.17) is 11.6 Å². The van der Waals surface area contributed by atoms with E-state index < -0.39 is 0 Å². The van der Waals surface area contributed by atoms with Crippen LogP contribution in [0.2, 0.25) is 5.15 Å². The first-order valence-electron chi connectivity index (χ1n) is 3.45. The van der Waals surface area contributed by atoms with E-state index in [0.717, 1.165) is 12.0 Å². The van der Waals surface area contributed by atoms with Gasteiger partial charge in [-0.1, -0.05) is 11.6 Å². The van der Waals surface area contributed by atoms with Crippen LogP contribution in [0.5, 0.6) is 0 Å². The van der Waals surface area contributed by atoms with Gasteiger partial charge < -0.3 is 0 Å². The third-order valence-corrected chi connectivity index (χ3v) is 2.18. The lowest BCUT2D eigenvalue weighted by molar-refractivity contribution is 0.0994. The molecule has 0 fully saturated rings. The quantitative estimate of drug-likeness (QED) is 0.552. The summed E-state index contributed by atoms with van der Waals surface area (Å²) in [5, 5.41) is 0.352. The number of carbonyl (C=O) groups excluding carboxylic acids is 1. The van der Waals surface area contributed by atoms with Crippen molar-refractivity contribution in [3.63, 3.8) is 0 Å². The predicted molar refractivity (Wildman–Crippen MR) is 41.9 cm³/mol. The molecule has 56 valence electrons. The van der Waals surface area contributed by atoms with Crippen molar-refractivity contribution in [2.24, 2.45) is 0 Å². The van der Waals surface area contributed by atoms with Gasteiger partial charge in [-0.05, 0) is 18.1 Å². The number of hydrogen-bond acceptors (Lipinski definition) is 2. The van der Waals surface area contributed by atoms with Gasteiger partial charge in [0.15, 0.2) is 5.78 Å². The van der Waals surface area contributed by atoms with Crippen LogP contribution in [0.25, 0.3) is 0 Å². The Bertz CT molecular complexity index is 322. The Hall–Kier alpha value is -0.890. The highest BCUT2D eigenvalue weighted by atomic mass is 35.5. The zero-order chi connectivity index (χ0) is 7.84. The normalized spacial score (nSPS) is 15.2. The molecule has 0 atom stereocenters. The monoisotopic (exact) mass is 167 g/mol. The van der Waals surface area contributed by atoms with E-state index in [1.165, 1.54) is 0 Å². The van der Waals surface area contributed by atoms with Gasteiger partial charge in [0.25, 0.3) is 0 Å². The van der Waals surface area contributed by atoms with Crippen molar-refractivity contribution in [3.05, 3.63) is 28.5 Å². The molecule has 0 spiro atoms. The molecule has 0 unspecified atom stereocenters. The maximum Gasteiger partial charge on any atom is 0.166 e. The number of Topliss-reactive ketones (excluding diaryl/α,β-unsaturated/α-hetero) is 1. The molecule has 0 saturated carbocycles. The standard InChI is InChI=1S/C8H6ClNO/c9-8-7-5(3-4-10-8)1-2-6(7)11/h3-4H,1-2H2. The molecule has 2 rings (SSSR count). The van der Waals surface area contributed by atoms with Crippen LogP contribution in [0.4, 0.5) is 0 Å². The number of fused-ring (bicyclic) bond motifs is 1. The lowest BCUT2D eigenvalue weighted by atomic mass is 10.2. The Kier molecular flexibility index (Phi) is 1.43. The van der Waals surface area contributed by atoms with E-state index in [2.05, 4.69) is 4.98 Å². The Morgan fingerprint density at radius 3 is 3.00 bits per heavy atom. The van der Waals surface area contributed by atoms with E-state index >= 15 is 0 Å². The molecule has 1 aliphatic carbocycles. The van der Waals surface area contributed by atoms with Crippen molar-refractivity contribution < 1.29 is 4.79 Å². The summed E-state index contributed by atoms with van der Waals surface area (Å²) >= 11 is 5.73. The summed E-state index contributed by atoms with van der Waals surface area (Å²) in [6.07, 6.45) is 3.04. The number of pyridine rings is 1. The largest absolute Gasteiger partial charge is 0.294 e. The SMILES string of the molecule is O=C1CCc2ccnc(Cl)c21. The molecule has 0 N–H and O–H groups in total.